The Morgan fingerprint density at radius 3 is 2.59 bits per heavy atom. The number of methoxy groups -OCH3 is 1. The molecule has 122 valence electrons. The molecule has 0 unspecified atom stereocenters. The molecule has 1 aliphatic heterocycles. The van der Waals surface area contributed by atoms with Gasteiger partial charge < -0.3 is 14.5 Å². The number of hydrogen-bond donors (Lipinski definition) is 1. The summed E-state index contributed by atoms with van der Waals surface area (Å²) in [5.41, 5.74) is 0.793. The van der Waals surface area contributed by atoms with Crippen molar-refractivity contribution in [2.75, 3.05) is 20.2 Å². The fraction of sp³-hybridized carbons (Fsp3) is 0.625. The van der Waals surface area contributed by atoms with E-state index in [-0.39, 0.29) is 23.8 Å². The number of ether oxygens (including phenoxy) is 1. The summed E-state index contributed by atoms with van der Waals surface area (Å²) in [4.78, 5) is 25.0. The molecule has 1 N–H and O–H groups in total. The van der Waals surface area contributed by atoms with Crippen LogP contribution in [0.2, 0.25) is 0 Å². The maximum atomic E-state index is 11.6. The van der Waals surface area contributed by atoms with Gasteiger partial charge >= 0.3 is 5.97 Å². The number of nitrogens with one attached hydrogen (secondary N) is 1. The van der Waals surface area contributed by atoms with Crippen molar-refractivity contribution < 1.29 is 18.7 Å². The lowest BCUT2D eigenvalue weighted by atomic mass is 10.0. The molecule has 0 spiro atoms. The van der Waals surface area contributed by atoms with Crippen LogP contribution in [0.25, 0.3) is 0 Å². The van der Waals surface area contributed by atoms with Gasteiger partial charge in [-0.05, 0) is 32.8 Å². The van der Waals surface area contributed by atoms with Crippen molar-refractivity contribution in [1.82, 2.24) is 10.2 Å². The zero-order chi connectivity index (χ0) is 16.3. The van der Waals surface area contributed by atoms with Gasteiger partial charge in [0.05, 0.1) is 13.2 Å². The van der Waals surface area contributed by atoms with Crippen molar-refractivity contribution in [2.24, 2.45) is 0 Å². The highest BCUT2D eigenvalue weighted by Crippen LogP contribution is 2.28. The fourth-order valence-electron chi connectivity index (χ4n) is 2.91. The molecule has 1 aliphatic rings. The number of hydrogen-bond acceptors (Lipinski definition) is 5. The third-order valence-corrected chi connectivity index (χ3v) is 4.20. The summed E-state index contributed by atoms with van der Waals surface area (Å²) in [6.45, 7) is 7.24. The molecule has 1 aromatic rings. The van der Waals surface area contributed by atoms with Crippen molar-refractivity contribution in [3.05, 3.63) is 23.2 Å². The number of esters is 1. The van der Waals surface area contributed by atoms with Gasteiger partial charge in [-0.3, -0.25) is 9.69 Å². The summed E-state index contributed by atoms with van der Waals surface area (Å²) < 4.78 is 10.4. The van der Waals surface area contributed by atoms with Gasteiger partial charge in [-0.15, -0.1) is 0 Å². The molecular weight excluding hydrogens is 284 g/mol. The van der Waals surface area contributed by atoms with E-state index in [4.69, 9.17) is 9.15 Å². The maximum Gasteiger partial charge on any atom is 0.374 e. The second kappa shape index (κ2) is 6.96. The lowest BCUT2D eigenvalue weighted by Gasteiger charge is -2.35. The van der Waals surface area contributed by atoms with E-state index in [1.165, 1.54) is 7.11 Å². The third-order valence-electron chi connectivity index (χ3n) is 4.20. The zero-order valence-electron chi connectivity index (χ0n) is 13.6. The standard InChI is InChI=1S/C16H24N2O4/c1-10-9-14(22-15(10)16(20)21-4)11(2)18-7-5-13(6-8-18)17-12(3)19/h9,11,13H,5-8H2,1-4H3,(H,17,19)/t11-/m0/s1. The predicted octanol–water partition coefficient (Wildman–Crippen LogP) is 2.04. The molecular formula is C16H24N2O4. The van der Waals surface area contributed by atoms with E-state index in [1.807, 2.05) is 13.0 Å². The highest BCUT2D eigenvalue weighted by Gasteiger charge is 2.27. The number of aryl methyl sites for hydroxylation is 1. The Kier molecular flexibility index (Phi) is 5.24. The van der Waals surface area contributed by atoms with Gasteiger partial charge in [-0.2, -0.15) is 0 Å². The molecule has 1 fully saturated rings. The van der Waals surface area contributed by atoms with Gasteiger partial charge in [0.25, 0.3) is 0 Å². The lowest BCUT2D eigenvalue weighted by Crippen LogP contribution is -2.44. The largest absolute Gasteiger partial charge is 0.463 e. The first-order valence-electron chi connectivity index (χ1n) is 7.62. The van der Waals surface area contributed by atoms with Crippen molar-refractivity contribution in [2.45, 2.75) is 45.7 Å². The molecule has 0 radical (unpaired) electrons. The SMILES string of the molecule is COC(=O)c1oc([C@H](C)N2CCC(NC(C)=O)CC2)cc1C. The first kappa shape index (κ1) is 16.5. The van der Waals surface area contributed by atoms with E-state index < -0.39 is 5.97 Å². The highest BCUT2D eigenvalue weighted by atomic mass is 16.5. The van der Waals surface area contributed by atoms with Crippen molar-refractivity contribution in [1.29, 1.82) is 0 Å². The Labute approximate surface area is 130 Å². The predicted molar refractivity (Wildman–Crippen MR) is 81.6 cm³/mol. The number of carbonyl (C=O) groups is 2. The monoisotopic (exact) mass is 308 g/mol. The molecule has 6 nitrogen and oxygen atoms in total. The molecule has 22 heavy (non-hydrogen) atoms. The number of rotatable bonds is 4. The van der Waals surface area contributed by atoms with Crippen LogP contribution in [0.3, 0.4) is 0 Å². The Bertz CT molecular complexity index is 544. The normalized spacial score (nSPS) is 18.0. The number of nitrogens with zero attached hydrogens (tertiary/aromatic N) is 1. The van der Waals surface area contributed by atoms with Crippen molar-refractivity contribution in [3.63, 3.8) is 0 Å². The molecule has 1 saturated heterocycles. The van der Waals surface area contributed by atoms with Crippen LogP contribution in [0.4, 0.5) is 0 Å². The van der Waals surface area contributed by atoms with Crippen molar-refractivity contribution in [3.8, 4) is 0 Å². The average molecular weight is 308 g/mol. The highest BCUT2D eigenvalue weighted by molar-refractivity contribution is 5.87. The summed E-state index contributed by atoms with van der Waals surface area (Å²) in [5, 5.41) is 2.97. The number of likely N-dealkylation sites (tertiary alicyclic amines) is 1. The molecule has 6 heteroatoms. The van der Waals surface area contributed by atoms with Gasteiger partial charge in [0.1, 0.15) is 5.76 Å². The van der Waals surface area contributed by atoms with E-state index in [1.54, 1.807) is 6.92 Å². The number of carbonyl (C=O) groups excluding carboxylic acids is 2. The van der Waals surface area contributed by atoms with Crippen LogP contribution >= 0.6 is 0 Å². The van der Waals surface area contributed by atoms with Gasteiger partial charge in [0.15, 0.2) is 0 Å². The summed E-state index contributed by atoms with van der Waals surface area (Å²) in [6.07, 6.45) is 1.85. The minimum Gasteiger partial charge on any atom is -0.463 e. The number of piperidine rings is 1. The summed E-state index contributed by atoms with van der Waals surface area (Å²) in [6, 6.07) is 2.25. The quantitative estimate of drug-likeness (QED) is 0.862. The van der Waals surface area contributed by atoms with E-state index in [9.17, 15) is 9.59 Å². The van der Waals surface area contributed by atoms with Gasteiger partial charge in [-0.1, -0.05) is 0 Å². The van der Waals surface area contributed by atoms with Crippen LogP contribution in [0.5, 0.6) is 0 Å². The zero-order valence-corrected chi connectivity index (χ0v) is 13.6. The van der Waals surface area contributed by atoms with Crippen LogP contribution in [-0.2, 0) is 9.53 Å². The number of furan rings is 1. The fourth-order valence-corrected chi connectivity index (χ4v) is 2.91. The molecule has 2 rings (SSSR count). The van der Waals surface area contributed by atoms with Crippen LogP contribution in [0.15, 0.2) is 10.5 Å². The first-order chi connectivity index (χ1) is 10.4. The van der Waals surface area contributed by atoms with Crippen molar-refractivity contribution >= 4 is 11.9 Å². The second-order valence-corrected chi connectivity index (χ2v) is 5.84. The lowest BCUT2D eigenvalue weighted by molar-refractivity contribution is -0.120. The molecule has 1 aromatic heterocycles. The molecule has 0 aliphatic carbocycles. The number of amides is 1. The average Bonchev–Trinajstić information content (AvgIpc) is 2.88. The molecule has 1 atom stereocenters. The maximum absolute atomic E-state index is 11.6. The molecule has 0 aromatic carbocycles. The first-order valence-corrected chi connectivity index (χ1v) is 7.62. The van der Waals surface area contributed by atoms with Crippen LogP contribution in [0.1, 0.15) is 54.6 Å². The summed E-state index contributed by atoms with van der Waals surface area (Å²) in [5.74, 6) is 0.629. The third kappa shape index (κ3) is 3.68. The van der Waals surface area contributed by atoms with E-state index in [2.05, 4.69) is 17.1 Å². The Balaban J connectivity index is 1.99. The van der Waals surface area contributed by atoms with Gasteiger partial charge in [-0.25, -0.2) is 4.79 Å². The topological polar surface area (TPSA) is 71.8 Å². The van der Waals surface area contributed by atoms with Crippen LogP contribution in [-0.4, -0.2) is 43.0 Å². The molecule has 0 bridgehead atoms. The van der Waals surface area contributed by atoms with E-state index in [0.29, 0.717) is 0 Å². The minimum atomic E-state index is -0.444. The summed E-state index contributed by atoms with van der Waals surface area (Å²) >= 11 is 0. The Morgan fingerprint density at radius 1 is 1.41 bits per heavy atom. The second-order valence-electron chi connectivity index (χ2n) is 5.84. The van der Waals surface area contributed by atoms with E-state index in [0.717, 1.165) is 37.3 Å². The van der Waals surface area contributed by atoms with E-state index >= 15 is 0 Å². The van der Waals surface area contributed by atoms with Crippen LogP contribution in [0, 0.1) is 6.92 Å². The Hall–Kier alpha value is -1.82. The minimum absolute atomic E-state index is 0.0240. The molecule has 2 heterocycles. The smallest absolute Gasteiger partial charge is 0.374 e. The van der Waals surface area contributed by atoms with Gasteiger partial charge in [0.2, 0.25) is 11.7 Å². The van der Waals surface area contributed by atoms with Gasteiger partial charge in [0, 0.05) is 31.6 Å². The van der Waals surface area contributed by atoms with Crippen LogP contribution < -0.4 is 5.32 Å². The Morgan fingerprint density at radius 2 is 2.05 bits per heavy atom. The molecule has 0 saturated carbocycles. The molecule has 1 amide bonds. The summed E-state index contributed by atoms with van der Waals surface area (Å²) in [7, 11) is 1.35.